The average Bonchev–Trinajstić information content (AvgIpc) is 3.31. The Labute approximate surface area is 126 Å². The first kappa shape index (κ1) is 16.0. The van der Waals surface area contributed by atoms with Crippen molar-refractivity contribution in [1.82, 2.24) is 4.90 Å². The molecule has 1 aromatic carbocycles. The number of ether oxygens (including phenoxy) is 1. The van der Waals surface area contributed by atoms with Crippen molar-refractivity contribution in [3.63, 3.8) is 0 Å². The van der Waals surface area contributed by atoms with E-state index in [1.165, 1.54) is 5.56 Å². The lowest BCUT2D eigenvalue weighted by atomic mass is 10.2. The van der Waals surface area contributed by atoms with Gasteiger partial charge in [0.05, 0.1) is 6.61 Å². The Kier molecular flexibility index (Phi) is 6.21. The number of carboxylic acids is 1. The van der Waals surface area contributed by atoms with E-state index in [1.54, 1.807) is 6.92 Å². The molecule has 21 heavy (non-hydrogen) atoms. The standard InChI is InChI=1S/C17H25NO3/c1-14(17(19)20)18(16-8-9-16)11-5-12-21-13-10-15-6-3-2-4-7-15/h2-4,6-7,14,16H,5,8-13H2,1H3,(H,19,20). The SMILES string of the molecule is CC(C(=O)O)N(CCCOCCc1ccccc1)C1CC1. The summed E-state index contributed by atoms with van der Waals surface area (Å²) < 4.78 is 5.65. The van der Waals surface area contributed by atoms with E-state index in [-0.39, 0.29) is 6.04 Å². The fourth-order valence-electron chi connectivity index (χ4n) is 2.53. The van der Waals surface area contributed by atoms with Gasteiger partial charge in [0, 0.05) is 19.2 Å². The Morgan fingerprint density at radius 2 is 2.05 bits per heavy atom. The van der Waals surface area contributed by atoms with Crippen LogP contribution in [0.1, 0.15) is 31.7 Å². The van der Waals surface area contributed by atoms with Gasteiger partial charge in [0.25, 0.3) is 0 Å². The van der Waals surface area contributed by atoms with Crippen LogP contribution in [0, 0.1) is 0 Å². The first-order chi connectivity index (χ1) is 10.2. The van der Waals surface area contributed by atoms with Gasteiger partial charge in [-0.15, -0.1) is 0 Å². The largest absolute Gasteiger partial charge is 0.480 e. The monoisotopic (exact) mass is 291 g/mol. The molecule has 0 amide bonds. The van der Waals surface area contributed by atoms with Crippen molar-refractivity contribution in [2.45, 2.75) is 44.7 Å². The third kappa shape index (κ3) is 5.48. The molecule has 1 aliphatic carbocycles. The number of benzene rings is 1. The number of aliphatic carboxylic acids is 1. The van der Waals surface area contributed by atoms with E-state index in [4.69, 9.17) is 9.84 Å². The topological polar surface area (TPSA) is 49.8 Å². The lowest BCUT2D eigenvalue weighted by Crippen LogP contribution is -2.41. The molecule has 1 N–H and O–H groups in total. The Morgan fingerprint density at radius 1 is 1.33 bits per heavy atom. The molecule has 0 heterocycles. The van der Waals surface area contributed by atoms with Gasteiger partial charge in [0.1, 0.15) is 6.04 Å². The quantitative estimate of drug-likeness (QED) is 0.673. The summed E-state index contributed by atoms with van der Waals surface area (Å²) in [6, 6.07) is 10.4. The number of rotatable bonds is 10. The van der Waals surface area contributed by atoms with Gasteiger partial charge in [-0.2, -0.15) is 0 Å². The molecule has 2 rings (SSSR count). The van der Waals surface area contributed by atoms with Crippen LogP contribution in [0.15, 0.2) is 30.3 Å². The highest BCUT2D eigenvalue weighted by Gasteiger charge is 2.34. The van der Waals surface area contributed by atoms with Crippen LogP contribution in [-0.2, 0) is 16.0 Å². The molecular formula is C17H25NO3. The van der Waals surface area contributed by atoms with E-state index in [0.717, 1.165) is 38.8 Å². The van der Waals surface area contributed by atoms with Gasteiger partial charge in [-0.3, -0.25) is 9.69 Å². The molecule has 4 nitrogen and oxygen atoms in total. The van der Waals surface area contributed by atoms with E-state index in [2.05, 4.69) is 17.0 Å². The van der Waals surface area contributed by atoms with E-state index < -0.39 is 5.97 Å². The van der Waals surface area contributed by atoms with Crippen LogP contribution in [0.3, 0.4) is 0 Å². The molecule has 4 heteroatoms. The fraction of sp³-hybridized carbons (Fsp3) is 0.588. The second kappa shape index (κ2) is 8.15. The predicted octanol–water partition coefficient (Wildman–Crippen LogP) is 2.57. The summed E-state index contributed by atoms with van der Waals surface area (Å²) in [5.41, 5.74) is 1.29. The van der Waals surface area contributed by atoms with Gasteiger partial charge in [-0.25, -0.2) is 0 Å². The number of nitrogens with zero attached hydrogens (tertiary/aromatic N) is 1. The van der Waals surface area contributed by atoms with E-state index in [1.807, 2.05) is 18.2 Å². The molecule has 116 valence electrons. The van der Waals surface area contributed by atoms with Crippen molar-refractivity contribution < 1.29 is 14.6 Å². The molecule has 0 radical (unpaired) electrons. The molecule has 0 saturated heterocycles. The minimum absolute atomic E-state index is 0.387. The zero-order valence-electron chi connectivity index (χ0n) is 12.7. The predicted molar refractivity (Wildman–Crippen MR) is 82.4 cm³/mol. The average molecular weight is 291 g/mol. The van der Waals surface area contributed by atoms with Gasteiger partial charge in [0.2, 0.25) is 0 Å². The molecule has 1 aliphatic rings. The number of hydrogen-bond acceptors (Lipinski definition) is 3. The maximum atomic E-state index is 11.1. The molecule has 1 aromatic rings. The highest BCUT2D eigenvalue weighted by molar-refractivity contribution is 5.73. The van der Waals surface area contributed by atoms with Crippen LogP contribution < -0.4 is 0 Å². The van der Waals surface area contributed by atoms with Crippen molar-refractivity contribution in [2.24, 2.45) is 0 Å². The van der Waals surface area contributed by atoms with Crippen LogP contribution >= 0.6 is 0 Å². The summed E-state index contributed by atoms with van der Waals surface area (Å²) in [4.78, 5) is 13.2. The molecular weight excluding hydrogens is 266 g/mol. The minimum Gasteiger partial charge on any atom is -0.480 e. The number of carbonyl (C=O) groups is 1. The van der Waals surface area contributed by atoms with Crippen molar-refractivity contribution in [2.75, 3.05) is 19.8 Å². The second-order valence-corrected chi connectivity index (χ2v) is 5.68. The molecule has 0 aromatic heterocycles. The first-order valence-electron chi connectivity index (χ1n) is 7.78. The Bertz CT molecular complexity index is 431. The summed E-state index contributed by atoms with van der Waals surface area (Å²) in [5.74, 6) is -0.730. The van der Waals surface area contributed by atoms with Gasteiger partial charge >= 0.3 is 5.97 Å². The zero-order chi connectivity index (χ0) is 15.1. The molecule has 1 atom stereocenters. The van der Waals surface area contributed by atoms with Crippen LogP contribution in [0.4, 0.5) is 0 Å². The number of carboxylic acid groups (broad SMARTS) is 1. The molecule has 1 saturated carbocycles. The second-order valence-electron chi connectivity index (χ2n) is 5.68. The minimum atomic E-state index is -0.730. The van der Waals surface area contributed by atoms with Gasteiger partial charge < -0.3 is 9.84 Å². The Balaban J connectivity index is 1.59. The van der Waals surface area contributed by atoms with Crippen LogP contribution in [-0.4, -0.2) is 47.8 Å². The fourth-order valence-corrected chi connectivity index (χ4v) is 2.53. The lowest BCUT2D eigenvalue weighted by molar-refractivity contribution is -0.143. The normalized spacial score (nSPS) is 16.1. The summed E-state index contributed by atoms with van der Waals surface area (Å²) in [7, 11) is 0. The van der Waals surface area contributed by atoms with Crippen molar-refractivity contribution in [3.05, 3.63) is 35.9 Å². The van der Waals surface area contributed by atoms with E-state index in [9.17, 15) is 4.79 Å². The van der Waals surface area contributed by atoms with Crippen LogP contribution in [0.5, 0.6) is 0 Å². The van der Waals surface area contributed by atoms with Crippen molar-refractivity contribution in [3.8, 4) is 0 Å². The molecule has 0 spiro atoms. The van der Waals surface area contributed by atoms with Gasteiger partial charge in [-0.05, 0) is 38.2 Å². The maximum Gasteiger partial charge on any atom is 0.320 e. The Morgan fingerprint density at radius 3 is 2.67 bits per heavy atom. The Hall–Kier alpha value is -1.39. The molecule has 0 aliphatic heterocycles. The number of hydrogen-bond donors (Lipinski definition) is 1. The third-order valence-electron chi connectivity index (χ3n) is 3.95. The summed E-state index contributed by atoms with van der Waals surface area (Å²) in [6.07, 6.45) is 4.08. The highest BCUT2D eigenvalue weighted by atomic mass is 16.5. The smallest absolute Gasteiger partial charge is 0.320 e. The summed E-state index contributed by atoms with van der Waals surface area (Å²) in [5, 5.41) is 9.12. The molecule has 1 fully saturated rings. The highest BCUT2D eigenvalue weighted by Crippen LogP contribution is 2.28. The zero-order valence-corrected chi connectivity index (χ0v) is 12.7. The van der Waals surface area contributed by atoms with Gasteiger partial charge in [-0.1, -0.05) is 30.3 Å². The maximum absolute atomic E-state index is 11.1. The first-order valence-corrected chi connectivity index (χ1v) is 7.78. The molecule has 1 unspecified atom stereocenters. The van der Waals surface area contributed by atoms with E-state index >= 15 is 0 Å². The molecule has 0 bridgehead atoms. The van der Waals surface area contributed by atoms with Crippen molar-refractivity contribution >= 4 is 5.97 Å². The van der Waals surface area contributed by atoms with Crippen LogP contribution in [0.2, 0.25) is 0 Å². The van der Waals surface area contributed by atoms with Gasteiger partial charge in [0.15, 0.2) is 0 Å². The third-order valence-corrected chi connectivity index (χ3v) is 3.95. The summed E-state index contributed by atoms with van der Waals surface area (Å²) >= 11 is 0. The van der Waals surface area contributed by atoms with E-state index in [0.29, 0.717) is 12.6 Å². The van der Waals surface area contributed by atoms with Crippen molar-refractivity contribution in [1.29, 1.82) is 0 Å². The summed E-state index contributed by atoms with van der Waals surface area (Å²) in [6.45, 7) is 4.00. The van der Waals surface area contributed by atoms with Crippen LogP contribution in [0.25, 0.3) is 0 Å². The lowest BCUT2D eigenvalue weighted by Gasteiger charge is -2.25.